The van der Waals surface area contributed by atoms with Crippen molar-refractivity contribution in [3.8, 4) is 0 Å². The highest BCUT2D eigenvalue weighted by atomic mass is 16.3. The van der Waals surface area contributed by atoms with E-state index in [0.29, 0.717) is 11.3 Å². The molecular weight excluding hydrogens is 300 g/mol. The zero-order chi connectivity index (χ0) is 16.5. The average Bonchev–Trinajstić information content (AvgIpc) is 3.42. The van der Waals surface area contributed by atoms with Gasteiger partial charge in [-0.2, -0.15) is 0 Å². The maximum Gasteiger partial charge on any atom is 0.228 e. The van der Waals surface area contributed by atoms with Crippen LogP contribution in [0.3, 0.4) is 0 Å². The number of aliphatic hydroxyl groups excluding tert-OH is 1. The molecule has 1 aliphatic rings. The van der Waals surface area contributed by atoms with E-state index < -0.39 is 0 Å². The number of nitrogens with one attached hydrogen (secondary N) is 1. The molecule has 4 heteroatoms. The first kappa shape index (κ1) is 14.8. The van der Waals surface area contributed by atoms with Gasteiger partial charge in [-0.05, 0) is 34.7 Å². The van der Waals surface area contributed by atoms with Crippen LogP contribution in [-0.4, -0.2) is 16.0 Å². The number of pyridine rings is 1. The van der Waals surface area contributed by atoms with Gasteiger partial charge in [0.2, 0.25) is 5.91 Å². The summed E-state index contributed by atoms with van der Waals surface area (Å²) >= 11 is 0. The van der Waals surface area contributed by atoms with E-state index in [1.807, 2.05) is 12.1 Å². The third-order valence-electron chi connectivity index (χ3n) is 4.69. The lowest BCUT2D eigenvalue weighted by atomic mass is 10.00. The smallest absolute Gasteiger partial charge is 0.228 e. The molecule has 1 saturated carbocycles. The number of amides is 1. The summed E-state index contributed by atoms with van der Waals surface area (Å²) in [6.07, 6.45) is 4.05. The van der Waals surface area contributed by atoms with Crippen LogP contribution in [0.1, 0.15) is 23.5 Å². The first-order chi connectivity index (χ1) is 11.8. The number of anilines is 1. The van der Waals surface area contributed by atoms with Gasteiger partial charge in [0, 0.05) is 17.7 Å². The SMILES string of the molecule is O=C(Nc1cnccc1CO)C1CC1c1cccc2ccccc12. The molecule has 1 aromatic heterocycles. The van der Waals surface area contributed by atoms with Crippen molar-refractivity contribution in [3.63, 3.8) is 0 Å². The second-order valence-electron chi connectivity index (χ2n) is 6.20. The van der Waals surface area contributed by atoms with E-state index in [1.165, 1.54) is 16.3 Å². The standard InChI is InChI=1S/C20H18N2O2/c23-12-14-8-9-21-11-19(14)22-20(24)18-10-17(18)16-7-3-5-13-4-1-2-6-15(13)16/h1-9,11,17-18,23H,10,12H2,(H,22,24). The minimum atomic E-state index is -0.116. The average molecular weight is 318 g/mol. The van der Waals surface area contributed by atoms with Gasteiger partial charge in [0.25, 0.3) is 0 Å². The molecule has 0 bridgehead atoms. The summed E-state index contributed by atoms with van der Waals surface area (Å²) in [6.45, 7) is -0.116. The summed E-state index contributed by atoms with van der Waals surface area (Å²) in [6, 6.07) is 16.3. The van der Waals surface area contributed by atoms with Crippen molar-refractivity contribution in [3.05, 3.63) is 72.1 Å². The number of fused-ring (bicyclic) bond motifs is 1. The lowest BCUT2D eigenvalue weighted by Gasteiger charge is -2.09. The Balaban J connectivity index is 1.54. The van der Waals surface area contributed by atoms with Gasteiger partial charge < -0.3 is 10.4 Å². The summed E-state index contributed by atoms with van der Waals surface area (Å²) in [7, 11) is 0. The topological polar surface area (TPSA) is 62.2 Å². The fourth-order valence-electron chi connectivity index (χ4n) is 3.30. The number of benzene rings is 2. The van der Waals surface area contributed by atoms with E-state index in [-0.39, 0.29) is 24.3 Å². The zero-order valence-corrected chi connectivity index (χ0v) is 13.1. The Morgan fingerprint density at radius 3 is 2.88 bits per heavy atom. The number of hydrogen-bond acceptors (Lipinski definition) is 3. The maximum atomic E-state index is 12.5. The monoisotopic (exact) mass is 318 g/mol. The minimum Gasteiger partial charge on any atom is -0.392 e. The molecule has 4 rings (SSSR count). The highest BCUT2D eigenvalue weighted by molar-refractivity contribution is 5.97. The summed E-state index contributed by atoms with van der Waals surface area (Å²) in [4.78, 5) is 16.6. The lowest BCUT2D eigenvalue weighted by Crippen LogP contribution is -2.16. The number of aliphatic hydroxyl groups is 1. The fourth-order valence-corrected chi connectivity index (χ4v) is 3.30. The summed E-state index contributed by atoms with van der Waals surface area (Å²) in [5.41, 5.74) is 2.51. The van der Waals surface area contributed by atoms with E-state index in [4.69, 9.17) is 0 Å². The number of nitrogens with zero attached hydrogens (tertiary/aromatic N) is 1. The number of carbonyl (C=O) groups is 1. The van der Waals surface area contributed by atoms with Gasteiger partial charge in [-0.1, -0.05) is 42.5 Å². The van der Waals surface area contributed by atoms with Gasteiger partial charge in [0.1, 0.15) is 0 Å². The molecule has 1 fully saturated rings. The van der Waals surface area contributed by atoms with E-state index in [1.54, 1.807) is 18.5 Å². The molecule has 1 aliphatic carbocycles. The molecule has 24 heavy (non-hydrogen) atoms. The second kappa shape index (κ2) is 6.06. The summed E-state index contributed by atoms with van der Waals surface area (Å²) in [5.74, 6) is 0.225. The molecule has 3 aromatic rings. The van der Waals surface area contributed by atoms with Crippen LogP contribution in [0.25, 0.3) is 10.8 Å². The molecule has 2 unspecified atom stereocenters. The van der Waals surface area contributed by atoms with Crippen LogP contribution in [0.4, 0.5) is 5.69 Å². The first-order valence-electron chi connectivity index (χ1n) is 8.10. The highest BCUT2D eigenvalue weighted by Crippen LogP contribution is 2.50. The van der Waals surface area contributed by atoms with Crippen LogP contribution < -0.4 is 5.32 Å². The molecule has 4 nitrogen and oxygen atoms in total. The number of aromatic nitrogens is 1. The molecule has 0 radical (unpaired) electrons. The van der Waals surface area contributed by atoms with Crippen molar-refractivity contribution in [2.75, 3.05) is 5.32 Å². The van der Waals surface area contributed by atoms with Crippen LogP contribution in [0.15, 0.2) is 60.9 Å². The van der Waals surface area contributed by atoms with E-state index in [2.05, 4.69) is 40.6 Å². The van der Waals surface area contributed by atoms with Crippen LogP contribution >= 0.6 is 0 Å². The number of hydrogen-bond donors (Lipinski definition) is 2. The Hall–Kier alpha value is -2.72. The van der Waals surface area contributed by atoms with Gasteiger partial charge in [-0.25, -0.2) is 0 Å². The Morgan fingerprint density at radius 2 is 2.00 bits per heavy atom. The largest absolute Gasteiger partial charge is 0.392 e. The van der Waals surface area contributed by atoms with Crippen LogP contribution in [0, 0.1) is 5.92 Å². The van der Waals surface area contributed by atoms with Crippen molar-refractivity contribution in [1.29, 1.82) is 0 Å². The maximum absolute atomic E-state index is 12.5. The Bertz CT molecular complexity index is 902. The molecule has 2 atom stereocenters. The van der Waals surface area contributed by atoms with E-state index >= 15 is 0 Å². The van der Waals surface area contributed by atoms with Gasteiger partial charge >= 0.3 is 0 Å². The third-order valence-corrected chi connectivity index (χ3v) is 4.69. The molecule has 1 amide bonds. The third kappa shape index (κ3) is 2.65. The summed E-state index contributed by atoms with van der Waals surface area (Å²) in [5, 5.41) is 14.7. The quantitative estimate of drug-likeness (QED) is 0.774. The predicted octanol–water partition coefficient (Wildman–Crippen LogP) is 3.47. The van der Waals surface area contributed by atoms with Gasteiger partial charge in [-0.3, -0.25) is 9.78 Å². The van der Waals surface area contributed by atoms with Crippen LogP contribution in [-0.2, 0) is 11.4 Å². The lowest BCUT2D eigenvalue weighted by molar-refractivity contribution is -0.117. The zero-order valence-electron chi connectivity index (χ0n) is 13.1. The predicted molar refractivity (Wildman–Crippen MR) is 93.6 cm³/mol. The van der Waals surface area contributed by atoms with Crippen LogP contribution in [0.5, 0.6) is 0 Å². The van der Waals surface area contributed by atoms with Gasteiger partial charge in [0.05, 0.1) is 18.5 Å². The molecule has 2 aromatic carbocycles. The minimum absolute atomic E-state index is 0.00404. The van der Waals surface area contributed by atoms with Crippen molar-refractivity contribution in [2.24, 2.45) is 5.92 Å². The normalized spacial score (nSPS) is 19.2. The molecule has 120 valence electrons. The van der Waals surface area contributed by atoms with E-state index in [0.717, 1.165) is 6.42 Å². The van der Waals surface area contributed by atoms with E-state index in [9.17, 15) is 9.90 Å². The highest BCUT2D eigenvalue weighted by Gasteiger charge is 2.44. The van der Waals surface area contributed by atoms with Crippen LogP contribution in [0.2, 0.25) is 0 Å². The number of carbonyl (C=O) groups excluding carboxylic acids is 1. The number of rotatable bonds is 4. The van der Waals surface area contributed by atoms with Crippen molar-refractivity contribution >= 4 is 22.4 Å². The van der Waals surface area contributed by atoms with Gasteiger partial charge in [-0.15, -0.1) is 0 Å². The van der Waals surface area contributed by atoms with Crippen molar-refractivity contribution in [2.45, 2.75) is 18.9 Å². The Labute approximate surface area is 140 Å². The molecule has 0 aliphatic heterocycles. The molecule has 0 saturated heterocycles. The molecule has 0 spiro atoms. The van der Waals surface area contributed by atoms with Gasteiger partial charge in [0.15, 0.2) is 0 Å². The van der Waals surface area contributed by atoms with Crippen molar-refractivity contribution < 1.29 is 9.90 Å². The first-order valence-corrected chi connectivity index (χ1v) is 8.10. The fraction of sp³-hybridized carbons (Fsp3) is 0.200. The Kier molecular flexibility index (Phi) is 3.75. The second-order valence-corrected chi connectivity index (χ2v) is 6.20. The van der Waals surface area contributed by atoms with Crippen molar-refractivity contribution in [1.82, 2.24) is 4.98 Å². The summed E-state index contributed by atoms with van der Waals surface area (Å²) < 4.78 is 0. The molecule has 2 N–H and O–H groups in total. The Morgan fingerprint density at radius 1 is 1.17 bits per heavy atom. The molecule has 1 heterocycles. The molecular formula is C20H18N2O2.